The number of aromatic amines is 1. The van der Waals surface area contributed by atoms with Crippen LogP contribution in [0.4, 0.5) is 0 Å². The number of fused-ring (bicyclic) bond motifs is 1. The number of aromatic nitrogens is 4. The number of nitrogens with one attached hydrogen (secondary N) is 1. The van der Waals surface area contributed by atoms with E-state index in [1.807, 2.05) is 11.8 Å². The average molecular weight is 589 g/mol. The van der Waals surface area contributed by atoms with Crippen molar-refractivity contribution in [2.24, 2.45) is 0 Å². The minimum absolute atomic E-state index is 0.0436. The molecule has 2 aromatic heterocycles. The maximum atomic E-state index is 13.6. The summed E-state index contributed by atoms with van der Waals surface area (Å²) in [6.45, 7) is 8.78. The highest BCUT2D eigenvalue weighted by Gasteiger charge is 2.29. The first-order valence-electron chi connectivity index (χ1n) is 14.9. The van der Waals surface area contributed by atoms with Gasteiger partial charge in [0.05, 0.1) is 29.4 Å². The molecular weight excluding hydrogens is 544 g/mol. The quantitative estimate of drug-likeness (QED) is 0.258. The van der Waals surface area contributed by atoms with Crippen LogP contribution in [0.2, 0.25) is 0 Å². The van der Waals surface area contributed by atoms with Crippen LogP contribution in [-0.2, 0) is 16.4 Å². The molecule has 41 heavy (non-hydrogen) atoms. The third-order valence-electron chi connectivity index (χ3n) is 7.55. The maximum Gasteiger partial charge on any atom is 0.277 e. The molecule has 11 nitrogen and oxygen atoms in total. The first kappa shape index (κ1) is 31.1. The predicted octanol–water partition coefficient (Wildman–Crippen LogP) is 3.38. The second kappa shape index (κ2) is 14.4. The molecule has 1 aromatic carbocycles. The van der Waals surface area contributed by atoms with Gasteiger partial charge in [-0.1, -0.05) is 46.0 Å². The van der Waals surface area contributed by atoms with Crippen molar-refractivity contribution in [2.75, 3.05) is 45.9 Å². The highest BCUT2D eigenvalue weighted by atomic mass is 32.2. The minimum Gasteiger partial charge on any atom is -0.493 e. The van der Waals surface area contributed by atoms with Crippen LogP contribution in [0.3, 0.4) is 0 Å². The normalized spacial score (nSPS) is 15.1. The number of sulfonamides is 1. The molecule has 1 saturated heterocycles. The van der Waals surface area contributed by atoms with Gasteiger partial charge in [-0.05, 0) is 38.0 Å². The summed E-state index contributed by atoms with van der Waals surface area (Å²) < 4.78 is 36.3. The average Bonchev–Trinajstić information content (AvgIpc) is 3.29. The molecule has 0 saturated carbocycles. The number of unbranched alkanes of at least 4 members (excludes halogenated alkanes) is 5. The summed E-state index contributed by atoms with van der Waals surface area (Å²) in [4.78, 5) is 22.9. The molecule has 12 heteroatoms. The summed E-state index contributed by atoms with van der Waals surface area (Å²) in [5, 5.41) is 14.0. The molecule has 2 N–H and O–H groups in total. The summed E-state index contributed by atoms with van der Waals surface area (Å²) >= 11 is 0. The van der Waals surface area contributed by atoms with E-state index >= 15 is 0 Å². The summed E-state index contributed by atoms with van der Waals surface area (Å²) in [6.07, 6.45) is 8.35. The summed E-state index contributed by atoms with van der Waals surface area (Å²) in [5.74, 6) is 1.41. The Morgan fingerprint density at radius 2 is 1.76 bits per heavy atom. The van der Waals surface area contributed by atoms with E-state index in [1.165, 1.54) is 30.0 Å². The van der Waals surface area contributed by atoms with Crippen LogP contribution in [0.25, 0.3) is 16.9 Å². The Hall–Kier alpha value is -2.80. The molecule has 0 bridgehead atoms. The number of imidazole rings is 1. The molecule has 0 radical (unpaired) electrons. The zero-order chi connectivity index (χ0) is 29.4. The van der Waals surface area contributed by atoms with Crippen molar-refractivity contribution < 1.29 is 18.3 Å². The molecule has 0 amide bonds. The van der Waals surface area contributed by atoms with Gasteiger partial charge in [0.15, 0.2) is 11.3 Å². The summed E-state index contributed by atoms with van der Waals surface area (Å²) in [5.41, 5.74) is 1.10. The highest BCUT2D eigenvalue weighted by molar-refractivity contribution is 7.89. The third kappa shape index (κ3) is 7.35. The van der Waals surface area contributed by atoms with Crippen LogP contribution in [0.1, 0.15) is 70.3 Å². The fourth-order valence-electron chi connectivity index (χ4n) is 5.26. The van der Waals surface area contributed by atoms with E-state index in [2.05, 4.69) is 16.9 Å². The third-order valence-corrected chi connectivity index (χ3v) is 9.44. The number of piperazine rings is 1. The number of nitrogens with zero attached hydrogens (tertiary/aromatic N) is 5. The largest absolute Gasteiger partial charge is 0.493 e. The van der Waals surface area contributed by atoms with Gasteiger partial charge in [0.25, 0.3) is 5.56 Å². The Balaban J connectivity index is 1.68. The maximum absolute atomic E-state index is 13.6. The summed E-state index contributed by atoms with van der Waals surface area (Å²) in [6, 6.07) is 4.73. The van der Waals surface area contributed by atoms with Crippen LogP contribution >= 0.6 is 0 Å². The number of H-pyrrole nitrogens is 1. The van der Waals surface area contributed by atoms with E-state index in [0.717, 1.165) is 25.1 Å². The number of aryl methyl sites for hydroxylation is 2. The molecule has 1 aliphatic heterocycles. The molecule has 0 unspecified atom stereocenters. The van der Waals surface area contributed by atoms with Crippen molar-refractivity contribution in [1.82, 2.24) is 28.8 Å². The molecule has 3 heterocycles. The lowest BCUT2D eigenvalue weighted by atomic mass is 10.1. The SMILES string of the molecule is CCCCCCCCc1nc(C)c2c(=O)[nH]c(-c3cc(S(=O)(=O)N4CCN(CCO)CC4)ccc3OCCC)nn12. The number of rotatable bonds is 15. The Morgan fingerprint density at radius 3 is 2.46 bits per heavy atom. The molecule has 0 atom stereocenters. The monoisotopic (exact) mass is 588 g/mol. The highest BCUT2D eigenvalue weighted by Crippen LogP contribution is 2.32. The number of ether oxygens (including phenoxy) is 1. The fourth-order valence-corrected chi connectivity index (χ4v) is 6.71. The fraction of sp³-hybridized carbons (Fsp3) is 0.621. The van der Waals surface area contributed by atoms with Gasteiger partial charge in [0.2, 0.25) is 10.0 Å². The molecule has 0 spiro atoms. The lowest BCUT2D eigenvalue weighted by Crippen LogP contribution is -2.49. The van der Waals surface area contributed by atoms with Gasteiger partial charge in [-0.15, -0.1) is 5.10 Å². The van der Waals surface area contributed by atoms with Crippen molar-refractivity contribution >= 4 is 15.5 Å². The van der Waals surface area contributed by atoms with Gasteiger partial charge in [0, 0.05) is 39.1 Å². The van der Waals surface area contributed by atoms with E-state index in [1.54, 1.807) is 29.6 Å². The van der Waals surface area contributed by atoms with E-state index in [9.17, 15) is 18.3 Å². The molecule has 226 valence electrons. The van der Waals surface area contributed by atoms with Gasteiger partial charge in [0.1, 0.15) is 11.6 Å². The van der Waals surface area contributed by atoms with Crippen LogP contribution in [0.15, 0.2) is 27.9 Å². The predicted molar refractivity (Wildman–Crippen MR) is 159 cm³/mol. The molecule has 1 aliphatic rings. The first-order chi connectivity index (χ1) is 19.8. The number of aliphatic hydroxyl groups excluding tert-OH is 1. The van der Waals surface area contributed by atoms with Crippen LogP contribution in [0.5, 0.6) is 5.75 Å². The molecule has 3 aromatic rings. The van der Waals surface area contributed by atoms with E-state index < -0.39 is 10.0 Å². The van der Waals surface area contributed by atoms with Gasteiger partial charge in [-0.2, -0.15) is 4.31 Å². The number of β-amino-alcohol motifs (C(OH)–C–C–N with tert-alkyl or cyclic N) is 1. The van der Waals surface area contributed by atoms with Crippen molar-refractivity contribution in [3.8, 4) is 17.1 Å². The van der Waals surface area contributed by atoms with Crippen molar-refractivity contribution in [3.05, 3.63) is 40.1 Å². The topological polar surface area (TPSA) is 133 Å². The zero-order valence-electron chi connectivity index (χ0n) is 24.6. The minimum atomic E-state index is -3.80. The van der Waals surface area contributed by atoms with Crippen molar-refractivity contribution in [3.63, 3.8) is 0 Å². The Bertz CT molecular complexity index is 1460. The molecular formula is C29H44N6O5S. The Labute approximate surface area is 242 Å². The lowest BCUT2D eigenvalue weighted by Gasteiger charge is -2.33. The Kier molecular flexibility index (Phi) is 10.9. The van der Waals surface area contributed by atoms with Crippen LogP contribution < -0.4 is 10.3 Å². The number of aliphatic hydroxyl groups is 1. The van der Waals surface area contributed by atoms with Gasteiger partial charge in [-0.3, -0.25) is 9.69 Å². The first-order valence-corrected chi connectivity index (χ1v) is 16.3. The van der Waals surface area contributed by atoms with Gasteiger partial charge in [-0.25, -0.2) is 17.9 Å². The zero-order valence-corrected chi connectivity index (χ0v) is 25.4. The standard InChI is InChI=1S/C29H44N6O5S/c1-4-6-7-8-9-10-11-26-30-22(3)27-29(37)31-28(32-35(26)27)24-21-23(12-13-25(24)40-20-5-2)41(38,39)34-16-14-33(15-17-34)18-19-36/h12-13,21,36H,4-11,14-20H2,1-3H3,(H,31,32,37). The van der Waals surface area contributed by atoms with E-state index in [4.69, 9.17) is 9.84 Å². The van der Waals surface area contributed by atoms with Crippen LogP contribution in [-0.4, -0.2) is 88.2 Å². The summed E-state index contributed by atoms with van der Waals surface area (Å²) in [7, 11) is -3.80. The second-order valence-corrected chi connectivity index (χ2v) is 12.6. The Morgan fingerprint density at radius 1 is 1.02 bits per heavy atom. The smallest absolute Gasteiger partial charge is 0.277 e. The van der Waals surface area contributed by atoms with Crippen molar-refractivity contribution in [2.45, 2.75) is 77.0 Å². The van der Waals surface area contributed by atoms with Crippen LogP contribution in [0, 0.1) is 6.92 Å². The molecule has 0 aliphatic carbocycles. The van der Waals surface area contributed by atoms with Gasteiger partial charge >= 0.3 is 0 Å². The molecule has 4 rings (SSSR count). The van der Waals surface area contributed by atoms with E-state index in [0.29, 0.717) is 68.3 Å². The van der Waals surface area contributed by atoms with Gasteiger partial charge < -0.3 is 14.8 Å². The number of hydrogen-bond donors (Lipinski definition) is 2. The molecule has 1 fully saturated rings. The second-order valence-electron chi connectivity index (χ2n) is 10.7. The lowest BCUT2D eigenvalue weighted by molar-refractivity contribution is 0.151. The number of benzene rings is 1. The van der Waals surface area contributed by atoms with E-state index in [-0.39, 0.29) is 22.9 Å². The number of hydrogen-bond acceptors (Lipinski definition) is 8. The van der Waals surface area contributed by atoms with Crippen molar-refractivity contribution in [1.29, 1.82) is 0 Å².